The normalized spacial score (nSPS) is 12.7. The van der Waals surface area contributed by atoms with Gasteiger partial charge in [0, 0.05) is 0 Å². The highest BCUT2D eigenvalue weighted by Gasteiger charge is 2.13. The first-order chi connectivity index (χ1) is 15.7. The number of hydrogen-bond donors (Lipinski definition) is 1. The SMILES string of the molecule is CCCCCC=CCC=CCCCCCCCC(CCCCCCCCCC)OC(=O)O. The molecule has 0 aliphatic rings. The van der Waals surface area contributed by atoms with Gasteiger partial charge in [-0.1, -0.05) is 115 Å². The maximum atomic E-state index is 11.0. The predicted octanol–water partition coefficient (Wildman–Crippen LogP) is 10.4. The van der Waals surface area contributed by atoms with Crippen molar-refractivity contribution in [3.8, 4) is 0 Å². The van der Waals surface area contributed by atoms with E-state index in [-0.39, 0.29) is 6.10 Å². The van der Waals surface area contributed by atoms with Crippen LogP contribution in [0.5, 0.6) is 0 Å². The molecule has 3 heteroatoms. The summed E-state index contributed by atoms with van der Waals surface area (Å²) in [5.74, 6) is 0. The number of hydrogen-bond acceptors (Lipinski definition) is 2. The molecule has 1 unspecified atom stereocenters. The summed E-state index contributed by atoms with van der Waals surface area (Å²) in [6.45, 7) is 4.49. The molecule has 1 atom stereocenters. The van der Waals surface area contributed by atoms with Gasteiger partial charge in [0.25, 0.3) is 0 Å². The summed E-state index contributed by atoms with van der Waals surface area (Å²) in [4.78, 5) is 11.0. The average molecular weight is 451 g/mol. The van der Waals surface area contributed by atoms with E-state index in [9.17, 15) is 4.79 Å². The van der Waals surface area contributed by atoms with E-state index in [2.05, 4.69) is 38.2 Å². The lowest BCUT2D eigenvalue weighted by atomic mass is 10.0. The van der Waals surface area contributed by atoms with Crippen molar-refractivity contribution in [3.63, 3.8) is 0 Å². The minimum atomic E-state index is -1.11. The Labute approximate surface area is 200 Å². The fraction of sp³-hybridized carbons (Fsp3) is 0.828. The number of allylic oxidation sites excluding steroid dienone is 4. The van der Waals surface area contributed by atoms with Gasteiger partial charge in [-0.2, -0.15) is 0 Å². The first-order valence-corrected chi connectivity index (χ1v) is 13.9. The van der Waals surface area contributed by atoms with Crippen LogP contribution in [0.1, 0.15) is 149 Å². The van der Waals surface area contributed by atoms with Crippen molar-refractivity contribution in [2.24, 2.45) is 0 Å². The van der Waals surface area contributed by atoms with Gasteiger partial charge < -0.3 is 9.84 Å². The zero-order chi connectivity index (χ0) is 23.5. The lowest BCUT2D eigenvalue weighted by molar-refractivity contribution is 0.0422. The second-order valence-electron chi connectivity index (χ2n) is 9.29. The number of unbranched alkanes of at least 4 members (excludes halogenated alkanes) is 15. The van der Waals surface area contributed by atoms with Gasteiger partial charge in [0.2, 0.25) is 0 Å². The summed E-state index contributed by atoms with van der Waals surface area (Å²) in [7, 11) is 0. The Morgan fingerprint density at radius 2 is 1.03 bits per heavy atom. The Bertz CT molecular complexity index is 442. The van der Waals surface area contributed by atoms with Gasteiger partial charge in [-0.05, 0) is 57.8 Å². The van der Waals surface area contributed by atoms with Crippen LogP contribution in [0.4, 0.5) is 4.79 Å². The van der Waals surface area contributed by atoms with Gasteiger partial charge in [-0.3, -0.25) is 0 Å². The first kappa shape index (κ1) is 30.8. The maximum absolute atomic E-state index is 11.0. The average Bonchev–Trinajstić information content (AvgIpc) is 2.77. The summed E-state index contributed by atoms with van der Waals surface area (Å²) in [6, 6.07) is 0. The second-order valence-corrected chi connectivity index (χ2v) is 9.29. The molecule has 0 radical (unpaired) electrons. The van der Waals surface area contributed by atoms with Gasteiger partial charge in [0.1, 0.15) is 6.10 Å². The van der Waals surface area contributed by atoms with Crippen molar-refractivity contribution < 1.29 is 14.6 Å². The molecule has 0 saturated carbocycles. The Hall–Kier alpha value is -1.25. The molecule has 0 aromatic carbocycles. The lowest BCUT2D eigenvalue weighted by Gasteiger charge is -2.15. The predicted molar refractivity (Wildman–Crippen MR) is 139 cm³/mol. The van der Waals surface area contributed by atoms with E-state index in [0.29, 0.717) is 0 Å². The third-order valence-corrected chi connectivity index (χ3v) is 6.12. The van der Waals surface area contributed by atoms with Gasteiger partial charge >= 0.3 is 6.16 Å². The lowest BCUT2D eigenvalue weighted by Crippen LogP contribution is -2.16. The molecule has 188 valence electrons. The molecule has 0 aliphatic carbocycles. The van der Waals surface area contributed by atoms with E-state index < -0.39 is 6.16 Å². The highest BCUT2D eigenvalue weighted by atomic mass is 16.7. The highest BCUT2D eigenvalue weighted by molar-refractivity contribution is 5.57. The van der Waals surface area contributed by atoms with Crippen LogP contribution in [-0.4, -0.2) is 17.4 Å². The van der Waals surface area contributed by atoms with Gasteiger partial charge in [-0.15, -0.1) is 0 Å². The summed E-state index contributed by atoms with van der Waals surface area (Å²) < 4.78 is 5.13. The van der Waals surface area contributed by atoms with Gasteiger partial charge in [-0.25, -0.2) is 4.79 Å². The molecule has 0 amide bonds. The minimum Gasteiger partial charge on any atom is -0.450 e. The molecule has 1 N–H and O–H groups in total. The van der Waals surface area contributed by atoms with Crippen LogP contribution in [-0.2, 0) is 4.74 Å². The molecule has 0 spiro atoms. The molecule has 0 aromatic heterocycles. The van der Waals surface area contributed by atoms with E-state index in [0.717, 1.165) is 32.1 Å². The fourth-order valence-corrected chi connectivity index (χ4v) is 4.09. The van der Waals surface area contributed by atoms with E-state index in [1.54, 1.807) is 0 Å². The molecule has 0 aliphatic heterocycles. The van der Waals surface area contributed by atoms with Crippen LogP contribution in [0.25, 0.3) is 0 Å². The Balaban J connectivity index is 3.61. The topological polar surface area (TPSA) is 46.5 Å². The molecule has 0 bridgehead atoms. The van der Waals surface area contributed by atoms with Crippen molar-refractivity contribution in [2.75, 3.05) is 0 Å². The van der Waals surface area contributed by atoms with Crippen molar-refractivity contribution in [2.45, 2.75) is 155 Å². The molecule has 0 rings (SSSR count). The van der Waals surface area contributed by atoms with Crippen molar-refractivity contribution in [3.05, 3.63) is 24.3 Å². The third kappa shape index (κ3) is 25.0. The largest absolute Gasteiger partial charge is 0.506 e. The standard InChI is InChI=1S/C29H54O3/c1-3-5-7-9-11-13-14-15-16-17-18-19-21-23-25-27-28(32-29(30)31)26-24-22-20-12-10-8-6-4-2/h11,13,15-16,28H,3-10,12,14,17-27H2,1-2H3,(H,30,31). The molecule has 0 fully saturated rings. The quantitative estimate of drug-likeness (QED) is 0.0903. The number of carbonyl (C=O) groups is 1. The van der Waals surface area contributed by atoms with Gasteiger partial charge in [0.15, 0.2) is 0 Å². The molecular formula is C29H54O3. The van der Waals surface area contributed by atoms with Gasteiger partial charge in [0.05, 0.1) is 0 Å². The fourth-order valence-electron chi connectivity index (χ4n) is 4.09. The molecule has 0 aromatic rings. The van der Waals surface area contributed by atoms with Crippen LogP contribution in [0.15, 0.2) is 24.3 Å². The van der Waals surface area contributed by atoms with Crippen molar-refractivity contribution in [1.29, 1.82) is 0 Å². The summed E-state index contributed by atoms with van der Waals surface area (Å²) in [5.41, 5.74) is 0. The van der Waals surface area contributed by atoms with Crippen molar-refractivity contribution in [1.82, 2.24) is 0 Å². The first-order valence-electron chi connectivity index (χ1n) is 13.9. The van der Waals surface area contributed by atoms with E-state index >= 15 is 0 Å². The van der Waals surface area contributed by atoms with E-state index in [1.165, 1.54) is 103 Å². The van der Waals surface area contributed by atoms with E-state index in [4.69, 9.17) is 9.84 Å². The van der Waals surface area contributed by atoms with Crippen LogP contribution in [0.3, 0.4) is 0 Å². The molecule has 0 saturated heterocycles. The van der Waals surface area contributed by atoms with Crippen LogP contribution < -0.4 is 0 Å². The Morgan fingerprint density at radius 1 is 0.625 bits per heavy atom. The number of carboxylic acid groups (broad SMARTS) is 1. The summed E-state index contributed by atoms with van der Waals surface area (Å²) in [6.07, 6.45) is 33.4. The van der Waals surface area contributed by atoms with E-state index in [1.807, 2.05) is 0 Å². The maximum Gasteiger partial charge on any atom is 0.506 e. The zero-order valence-corrected chi connectivity index (χ0v) is 21.5. The van der Waals surface area contributed by atoms with Crippen LogP contribution in [0, 0.1) is 0 Å². The monoisotopic (exact) mass is 450 g/mol. The molecule has 3 nitrogen and oxygen atoms in total. The minimum absolute atomic E-state index is 0.106. The molecular weight excluding hydrogens is 396 g/mol. The second kappa shape index (κ2) is 26.0. The zero-order valence-electron chi connectivity index (χ0n) is 21.5. The third-order valence-electron chi connectivity index (χ3n) is 6.12. The Kier molecular flexibility index (Phi) is 25.0. The number of rotatable bonds is 24. The van der Waals surface area contributed by atoms with Crippen molar-refractivity contribution >= 4 is 6.16 Å². The summed E-state index contributed by atoms with van der Waals surface area (Å²) >= 11 is 0. The highest BCUT2D eigenvalue weighted by Crippen LogP contribution is 2.17. The van der Waals surface area contributed by atoms with Crippen LogP contribution >= 0.6 is 0 Å². The Morgan fingerprint density at radius 3 is 1.53 bits per heavy atom. The number of ether oxygens (including phenoxy) is 1. The smallest absolute Gasteiger partial charge is 0.450 e. The van der Waals surface area contributed by atoms with Crippen LogP contribution in [0.2, 0.25) is 0 Å². The summed E-state index contributed by atoms with van der Waals surface area (Å²) in [5, 5.41) is 9.00. The molecule has 32 heavy (non-hydrogen) atoms. The molecule has 0 heterocycles.